The van der Waals surface area contributed by atoms with Crippen LogP contribution in [-0.4, -0.2) is 0 Å². The van der Waals surface area contributed by atoms with E-state index in [1.807, 2.05) is 0 Å². The summed E-state index contributed by atoms with van der Waals surface area (Å²) in [7, 11) is 0. The van der Waals surface area contributed by atoms with Crippen LogP contribution in [0.15, 0.2) is 60.7 Å². The molecule has 2 aromatic carbocycles. The number of hydrogen-bond donors (Lipinski definition) is 0. The van der Waals surface area contributed by atoms with Crippen LogP contribution in [0.25, 0.3) is 6.08 Å². The van der Waals surface area contributed by atoms with E-state index in [9.17, 15) is 0 Å². The van der Waals surface area contributed by atoms with E-state index in [1.54, 1.807) is 0 Å². The van der Waals surface area contributed by atoms with Gasteiger partial charge in [-0.05, 0) is 0 Å². The van der Waals surface area contributed by atoms with E-state index >= 15 is 0 Å². The topological polar surface area (TPSA) is 0 Å². The molecule has 0 heterocycles. The van der Waals surface area contributed by atoms with Gasteiger partial charge in [0.1, 0.15) is 0 Å². The molecular weight excluding hydrogens is 511 g/mol. The Labute approximate surface area is 131 Å². The summed E-state index contributed by atoms with van der Waals surface area (Å²) in [5.41, 5.74) is 2.71. The number of rotatable bonds is 2. The van der Waals surface area contributed by atoms with E-state index in [1.165, 1.54) is 14.4 Å². The average Bonchev–Trinajstić information content (AvgIpc) is 2.84. The van der Waals surface area contributed by atoms with Crippen LogP contribution in [0.2, 0.25) is 0 Å². The summed E-state index contributed by atoms with van der Waals surface area (Å²) in [5.74, 6) is 0. The third kappa shape index (κ3) is 2.54. The average molecular weight is 523 g/mol. The van der Waals surface area contributed by atoms with Crippen molar-refractivity contribution in [2.24, 2.45) is 0 Å². The zero-order chi connectivity index (χ0) is 13.5. The van der Waals surface area contributed by atoms with Gasteiger partial charge in [0, 0.05) is 0 Å². The molecule has 3 rings (SSSR count). The molecule has 97 valence electrons. The quantitative estimate of drug-likeness (QED) is 0.474. The van der Waals surface area contributed by atoms with Gasteiger partial charge in [-0.1, -0.05) is 0 Å². The van der Waals surface area contributed by atoms with Crippen molar-refractivity contribution in [1.29, 1.82) is 0 Å². The Morgan fingerprint density at radius 3 is 2.16 bits per heavy atom. The van der Waals surface area contributed by atoms with Gasteiger partial charge in [0.2, 0.25) is 0 Å². The van der Waals surface area contributed by atoms with E-state index in [0.717, 1.165) is 0 Å². The van der Waals surface area contributed by atoms with Crippen molar-refractivity contribution in [2.45, 2.75) is 3.63 Å². The van der Waals surface area contributed by atoms with Gasteiger partial charge < -0.3 is 0 Å². The minimum atomic E-state index is -3.53. The fourth-order valence-corrected chi connectivity index (χ4v) is 20.0. The number of halogens is 3. The molecule has 1 aliphatic carbocycles. The monoisotopic (exact) mass is 519 g/mol. The summed E-state index contributed by atoms with van der Waals surface area (Å²) >= 11 is 8.72. The van der Waals surface area contributed by atoms with Crippen molar-refractivity contribution in [3.63, 3.8) is 0 Å². The van der Waals surface area contributed by atoms with Crippen LogP contribution in [0.3, 0.4) is 0 Å². The minimum absolute atomic E-state index is 0.375. The normalized spacial score (nSPS) is 19.7. The first-order valence-corrected chi connectivity index (χ1v) is 25.6. The first kappa shape index (κ1) is 14.4. The molecule has 1 unspecified atom stereocenters. The van der Waals surface area contributed by atoms with E-state index in [2.05, 4.69) is 103 Å². The van der Waals surface area contributed by atoms with Crippen molar-refractivity contribution < 1.29 is 11.7 Å². The first-order chi connectivity index (χ1) is 8.97. The van der Waals surface area contributed by atoms with Gasteiger partial charge >= 0.3 is 133 Å². The Morgan fingerprint density at radius 1 is 0.789 bits per heavy atom. The molecule has 0 N–H and O–H groups in total. The zero-order valence-corrected chi connectivity index (χ0v) is 17.3. The predicted molar refractivity (Wildman–Crippen MR) is 91.1 cm³/mol. The van der Waals surface area contributed by atoms with Gasteiger partial charge in [0.15, 0.2) is 0 Å². The maximum atomic E-state index is 4.08. The molecule has 4 heteroatoms. The summed E-state index contributed by atoms with van der Waals surface area (Å²) in [4.78, 5) is 0. The van der Waals surface area contributed by atoms with Gasteiger partial charge in [0.05, 0.1) is 0 Å². The third-order valence-electron chi connectivity index (χ3n) is 3.58. The zero-order valence-electron chi connectivity index (χ0n) is 10.1. The summed E-state index contributed by atoms with van der Waals surface area (Å²) in [6.07, 6.45) is 4.53. The second-order valence-corrected chi connectivity index (χ2v) is 60.6. The molecule has 19 heavy (non-hydrogen) atoms. The third-order valence-corrected chi connectivity index (χ3v) is 27.4. The summed E-state index contributed by atoms with van der Waals surface area (Å²) < 4.78 is 1.72. The molecule has 0 nitrogen and oxygen atoms in total. The molecule has 1 aliphatic rings. The molecule has 0 aromatic heterocycles. The van der Waals surface area contributed by atoms with Crippen molar-refractivity contribution in [3.05, 3.63) is 71.8 Å². The molecule has 0 saturated heterocycles. The number of benzene rings is 2. The number of hydrogen-bond acceptors (Lipinski definition) is 0. The second kappa shape index (κ2) is 5.05. The van der Waals surface area contributed by atoms with Gasteiger partial charge in [-0.25, -0.2) is 0 Å². The van der Waals surface area contributed by atoms with E-state index in [0.29, 0.717) is 3.63 Å². The Morgan fingerprint density at radius 2 is 1.42 bits per heavy atom. The van der Waals surface area contributed by atoms with Gasteiger partial charge in [-0.3, -0.25) is 0 Å². The van der Waals surface area contributed by atoms with Crippen LogP contribution in [0, 0.1) is 0 Å². The van der Waals surface area contributed by atoms with Crippen LogP contribution in [0.1, 0.15) is 14.8 Å². The van der Waals surface area contributed by atoms with Gasteiger partial charge in [-0.2, -0.15) is 0 Å². The Bertz CT molecular complexity index is 641. The van der Waals surface area contributed by atoms with Crippen LogP contribution in [-0.2, 0) is 11.7 Å². The number of fused-ring (bicyclic) bond motifs is 1. The van der Waals surface area contributed by atoms with E-state index in [4.69, 9.17) is 0 Å². The Hall–Kier alpha value is 0.503. The van der Waals surface area contributed by atoms with Crippen LogP contribution in [0.4, 0.5) is 0 Å². The first-order valence-electron chi connectivity index (χ1n) is 6.09. The standard InChI is InChI=1S/C9H7.C6H5.3BrH.Zr/c1-2-5-9-7-3-6-8(9)4-1;1-2-4-6-5-3-1;;;;/h1-7H;1-5H;3*1H;/q;;;;;+3/p-3. The SMILES string of the molecule is [Br][Zr]([Br])([Br])([c]1ccccc1)[CH]1C=Cc2ccccc21. The molecular formula is C15H12Br3Zr. The Kier molecular flexibility index (Phi) is 3.84. The molecule has 0 saturated carbocycles. The van der Waals surface area contributed by atoms with Crippen LogP contribution >= 0.6 is 36.7 Å². The van der Waals surface area contributed by atoms with Crippen molar-refractivity contribution in [3.8, 4) is 0 Å². The molecule has 0 radical (unpaired) electrons. The number of allylic oxidation sites excluding steroid dienone is 1. The van der Waals surface area contributed by atoms with Crippen molar-refractivity contribution in [2.75, 3.05) is 0 Å². The molecule has 1 atom stereocenters. The molecule has 0 fully saturated rings. The fourth-order valence-electron chi connectivity index (χ4n) is 2.56. The van der Waals surface area contributed by atoms with E-state index in [-0.39, 0.29) is 0 Å². The fraction of sp³-hybridized carbons (Fsp3) is 0.0667. The summed E-state index contributed by atoms with van der Waals surface area (Å²) in [5, 5.41) is 0. The molecule has 0 bridgehead atoms. The summed E-state index contributed by atoms with van der Waals surface area (Å²) in [6, 6.07) is 19.2. The van der Waals surface area contributed by atoms with E-state index < -0.39 is 11.7 Å². The van der Waals surface area contributed by atoms with Crippen molar-refractivity contribution >= 4 is 46.0 Å². The molecule has 2 aromatic rings. The maximum absolute atomic E-state index is 4.08. The van der Waals surface area contributed by atoms with Crippen molar-refractivity contribution in [1.82, 2.24) is 0 Å². The molecule has 0 amide bonds. The van der Waals surface area contributed by atoms with Crippen LogP contribution < -0.4 is 3.27 Å². The summed E-state index contributed by atoms with van der Waals surface area (Å²) in [6.45, 7) is 0. The predicted octanol–water partition coefficient (Wildman–Crippen LogP) is 5.70. The van der Waals surface area contributed by atoms with Gasteiger partial charge in [-0.15, -0.1) is 0 Å². The van der Waals surface area contributed by atoms with Gasteiger partial charge in [0.25, 0.3) is 0 Å². The second-order valence-electron chi connectivity index (χ2n) is 4.80. The Balaban J connectivity index is 2.15. The van der Waals surface area contributed by atoms with Crippen LogP contribution in [0.5, 0.6) is 0 Å². The molecule has 0 aliphatic heterocycles. The molecule has 0 spiro atoms.